The topological polar surface area (TPSA) is 190 Å². The first-order valence-corrected chi connectivity index (χ1v) is 6.32. The number of rotatable bonds is 3. The van der Waals surface area contributed by atoms with Gasteiger partial charge in [0.1, 0.15) is 6.16 Å². The van der Waals surface area contributed by atoms with Crippen LogP contribution < -0.4 is 0 Å². The summed E-state index contributed by atoms with van der Waals surface area (Å²) in [7, 11) is -9.14. The highest BCUT2D eigenvalue weighted by atomic mass is 31.2. The van der Waals surface area contributed by atoms with Crippen molar-refractivity contribution in [1.29, 1.82) is 0 Å². The summed E-state index contributed by atoms with van der Waals surface area (Å²) in [5.74, 6) is -1.49. The number of carboxylic acid groups (broad SMARTS) is 2. The number of carboxylic acids is 1. The molecule has 0 saturated carbocycles. The molecule has 0 aliphatic carbocycles. The van der Waals surface area contributed by atoms with Gasteiger partial charge in [0.15, 0.2) is 0 Å². The van der Waals surface area contributed by atoms with Gasteiger partial charge in [0.05, 0.1) is 0 Å². The van der Waals surface area contributed by atoms with Crippen LogP contribution >= 0.6 is 15.2 Å². The van der Waals surface area contributed by atoms with Gasteiger partial charge >= 0.3 is 26.9 Å². The second-order valence-corrected chi connectivity index (χ2v) is 5.16. The summed E-state index contributed by atoms with van der Waals surface area (Å²) in [4.78, 5) is 49.8. The summed E-state index contributed by atoms with van der Waals surface area (Å²) >= 11 is 0. The minimum Gasteiger partial charge on any atom is -0.481 e. The Kier molecular flexibility index (Phi) is 6.62. The summed E-state index contributed by atoms with van der Waals surface area (Å²) in [5, 5.41) is 15.2. The van der Waals surface area contributed by atoms with Gasteiger partial charge in [0, 0.05) is 0 Å². The first-order chi connectivity index (χ1) is 6.36. The van der Waals surface area contributed by atoms with Crippen LogP contribution in [0.15, 0.2) is 0 Å². The molecular formula is C3H8O10P2. The summed E-state index contributed by atoms with van der Waals surface area (Å²) in [6, 6.07) is 0. The van der Waals surface area contributed by atoms with E-state index in [0.717, 1.165) is 0 Å². The highest BCUT2D eigenvalue weighted by Crippen LogP contribution is 2.34. The lowest BCUT2D eigenvalue weighted by Gasteiger charge is -1.95. The largest absolute Gasteiger partial charge is 0.481 e. The zero-order chi connectivity index (χ0) is 12.9. The number of hydrogen-bond acceptors (Lipinski definition) is 4. The highest BCUT2D eigenvalue weighted by Gasteiger charge is 2.23. The Morgan fingerprint density at radius 3 is 1.20 bits per heavy atom. The van der Waals surface area contributed by atoms with Crippen LogP contribution in [0.3, 0.4) is 0 Å². The fourth-order valence-corrected chi connectivity index (χ4v) is 0.529. The highest BCUT2D eigenvalue weighted by molar-refractivity contribution is 7.69. The molecule has 0 fully saturated rings. The minimum atomic E-state index is -4.82. The third kappa shape index (κ3) is 16.0. The molecule has 0 aromatic heterocycles. The monoisotopic (exact) mass is 266 g/mol. The molecule has 0 unspecified atom stereocenters. The predicted octanol–water partition coefficient (Wildman–Crippen LogP) is -0.909. The van der Waals surface area contributed by atoms with Gasteiger partial charge in [0.25, 0.3) is 0 Å². The molecule has 0 bridgehead atoms. The Labute approximate surface area is 82.5 Å². The molecule has 6 N–H and O–H groups in total. The molecule has 0 aliphatic heterocycles. The summed E-state index contributed by atoms with van der Waals surface area (Å²) < 4.78 is 19.2. The Bertz CT molecular complexity index is 320. The lowest BCUT2D eigenvalue weighted by atomic mass is 10.8. The zero-order valence-electron chi connectivity index (χ0n) is 6.92. The first kappa shape index (κ1) is 16.7. The van der Waals surface area contributed by atoms with Crippen LogP contribution in [0.1, 0.15) is 0 Å². The smallest absolute Gasteiger partial charge is 0.433 e. The molecule has 0 saturated heterocycles. The third-order valence-corrected chi connectivity index (χ3v) is 1.77. The molecule has 0 aliphatic rings. The summed E-state index contributed by atoms with van der Waals surface area (Å²) in [6.07, 6.45) is -1.09. The number of hydrogen-bond donors (Lipinski definition) is 6. The van der Waals surface area contributed by atoms with E-state index in [1.165, 1.54) is 0 Å². The Morgan fingerprint density at radius 2 is 1.20 bits per heavy atom. The van der Waals surface area contributed by atoms with E-state index in [4.69, 9.17) is 29.8 Å². The van der Waals surface area contributed by atoms with Gasteiger partial charge in [-0.25, -0.2) is 9.36 Å². The second kappa shape index (κ2) is 5.96. The van der Waals surface area contributed by atoms with E-state index >= 15 is 0 Å². The van der Waals surface area contributed by atoms with Crippen LogP contribution in [0.5, 0.6) is 0 Å². The first-order valence-electron chi connectivity index (χ1n) is 2.91. The van der Waals surface area contributed by atoms with E-state index < -0.39 is 33.0 Å². The molecule has 10 nitrogen and oxygen atoms in total. The lowest BCUT2D eigenvalue weighted by molar-refractivity contribution is -0.134. The Morgan fingerprint density at radius 1 is 0.933 bits per heavy atom. The van der Waals surface area contributed by atoms with Gasteiger partial charge in [-0.1, -0.05) is 0 Å². The van der Waals surface area contributed by atoms with Crippen LogP contribution in [-0.4, -0.2) is 47.6 Å². The van der Waals surface area contributed by atoms with Crippen molar-refractivity contribution >= 4 is 26.9 Å². The van der Waals surface area contributed by atoms with Gasteiger partial charge in [-0.05, 0) is 0 Å². The van der Waals surface area contributed by atoms with E-state index in [2.05, 4.69) is 0 Å². The minimum absolute atomic E-state index is 1.09. The molecule has 0 spiro atoms. The average Bonchev–Trinajstić information content (AvgIpc) is 1.78. The SMILES string of the molecule is O=C(O)CP(=O)(O)O.O=C(O)P(=O)(O)O. The van der Waals surface area contributed by atoms with Crippen LogP contribution in [0, 0.1) is 0 Å². The third-order valence-electron chi connectivity index (χ3n) is 0.590. The normalized spacial score (nSPS) is 11.2. The molecular weight excluding hydrogens is 258 g/mol. The van der Waals surface area contributed by atoms with Crippen molar-refractivity contribution in [3.8, 4) is 0 Å². The van der Waals surface area contributed by atoms with Crippen LogP contribution in [0.25, 0.3) is 0 Å². The summed E-state index contributed by atoms with van der Waals surface area (Å²) in [5.41, 5.74) is -2.09. The van der Waals surface area contributed by atoms with Gasteiger partial charge in [-0.2, -0.15) is 0 Å². The van der Waals surface area contributed by atoms with Gasteiger partial charge in [-0.15, -0.1) is 0 Å². The van der Waals surface area contributed by atoms with Crippen molar-refractivity contribution in [2.75, 3.05) is 6.16 Å². The van der Waals surface area contributed by atoms with Gasteiger partial charge in [-0.3, -0.25) is 9.36 Å². The standard InChI is InChI=1S/C2H5O5P.CH3O5P/c3-2(4)1-8(5,6)7;2-1(3)7(4,5)6/h1H2,(H,3,4)(H2,5,6,7);(H,2,3)(H2,4,5,6). The van der Waals surface area contributed by atoms with Crippen molar-refractivity contribution in [3.05, 3.63) is 0 Å². The fourth-order valence-electron chi connectivity index (χ4n) is 0.176. The van der Waals surface area contributed by atoms with E-state index in [1.807, 2.05) is 0 Å². The molecule has 0 aromatic rings. The van der Waals surface area contributed by atoms with Crippen molar-refractivity contribution in [1.82, 2.24) is 0 Å². The molecule has 15 heavy (non-hydrogen) atoms. The number of carbonyl (C=O) groups is 2. The van der Waals surface area contributed by atoms with Crippen LogP contribution in [0.2, 0.25) is 0 Å². The quantitative estimate of drug-likeness (QED) is 0.348. The average molecular weight is 266 g/mol. The van der Waals surface area contributed by atoms with Gasteiger partial charge in [0.2, 0.25) is 0 Å². The molecule has 12 heteroatoms. The van der Waals surface area contributed by atoms with Crippen molar-refractivity contribution in [3.63, 3.8) is 0 Å². The zero-order valence-corrected chi connectivity index (χ0v) is 8.71. The van der Waals surface area contributed by atoms with E-state index in [-0.39, 0.29) is 0 Å². The molecule has 0 amide bonds. The maximum absolute atomic E-state index is 9.76. The maximum atomic E-state index is 9.76. The summed E-state index contributed by atoms with van der Waals surface area (Å²) in [6.45, 7) is 0. The predicted molar refractivity (Wildman–Crippen MR) is 44.6 cm³/mol. The Hall–Kier alpha value is -0.760. The number of aliphatic carboxylic acids is 1. The van der Waals surface area contributed by atoms with E-state index in [1.54, 1.807) is 0 Å². The van der Waals surface area contributed by atoms with E-state index in [9.17, 15) is 18.7 Å². The maximum Gasteiger partial charge on any atom is 0.433 e. The van der Waals surface area contributed by atoms with Crippen molar-refractivity contribution in [2.45, 2.75) is 0 Å². The molecule has 0 heterocycles. The van der Waals surface area contributed by atoms with Crippen molar-refractivity contribution < 1.29 is 48.5 Å². The van der Waals surface area contributed by atoms with Crippen LogP contribution in [0.4, 0.5) is 4.79 Å². The molecule has 0 atom stereocenters. The fraction of sp³-hybridized carbons (Fsp3) is 0.333. The Balaban J connectivity index is 0. The van der Waals surface area contributed by atoms with Gasteiger partial charge < -0.3 is 29.8 Å². The van der Waals surface area contributed by atoms with Crippen LogP contribution in [-0.2, 0) is 13.9 Å². The lowest BCUT2D eigenvalue weighted by Crippen LogP contribution is -2.01. The van der Waals surface area contributed by atoms with E-state index in [0.29, 0.717) is 0 Å². The molecule has 0 rings (SSSR count). The second-order valence-electron chi connectivity index (χ2n) is 2.04. The molecule has 0 radical (unpaired) electrons. The molecule has 0 aromatic carbocycles. The van der Waals surface area contributed by atoms with Crippen molar-refractivity contribution in [2.24, 2.45) is 0 Å². The molecule has 90 valence electrons.